The Morgan fingerprint density at radius 2 is 1.79 bits per heavy atom. The lowest BCUT2D eigenvalue weighted by Gasteiger charge is -2.38. The molecule has 0 saturated carbocycles. The molecule has 0 aromatic heterocycles. The number of urea groups is 1. The van der Waals surface area contributed by atoms with Gasteiger partial charge in [-0.15, -0.1) is 0 Å². The largest absolute Gasteiger partial charge is 0.497 e. The van der Waals surface area contributed by atoms with Crippen LogP contribution in [0.15, 0.2) is 59.8 Å². The Kier molecular flexibility index (Phi) is 6.84. The van der Waals surface area contributed by atoms with Gasteiger partial charge in [0.2, 0.25) is 0 Å². The first-order valence-electron chi connectivity index (χ1n) is 11.1. The van der Waals surface area contributed by atoms with Crippen molar-refractivity contribution < 1.29 is 19.1 Å². The maximum atomic E-state index is 12.8. The number of anilines is 1. The third-order valence-corrected chi connectivity index (χ3v) is 6.14. The highest BCUT2D eigenvalue weighted by molar-refractivity contribution is 5.95. The van der Waals surface area contributed by atoms with E-state index in [9.17, 15) is 9.59 Å². The molecule has 2 aromatic rings. The van der Waals surface area contributed by atoms with Gasteiger partial charge in [-0.1, -0.05) is 29.8 Å². The number of carbonyl (C=O) groups excluding carboxylic acids is 2. The number of aryl methyl sites for hydroxylation is 1. The molecule has 8 nitrogen and oxygen atoms in total. The van der Waals surface area contributed by atoms with E-state index < -0.39 is 12.0 Å². The number of nitrogens with one attached hydrogen (secondary N) is 2. The van der Waals surface area contributed by atoms with Crippen LogP contribution in [0.25, 0.3) is 0 Å². The molecule has 0 unspecified atom stereocenters. The van der Waals surface area contributed by atoms with Gasteiger partial charge in [-0.2, -0.15) is 0 Å². The summed E-state index contributed by atoms with van der Waals surface area (Å²) in [5.74, 6) is 0.182. The molecular weight excluding hydrogens is 420 g/mol. The standard InChI is InChI=1S/C25H30N4O4/c1-17-7-9-19(10-8-17)29-13-11-28(12-14-29)16-21-22(24(30)33-3)23(27-25(31)26-21)18-5-4-6-20(15-18)32-2/h4-10,15,23H,11-14,16H2,1-3H3,(H2,26,27,31)/t23-/m0/s1. The molecule has 2 aliphatic heterocycles. The molecule has 1 saturated heterocycles. The van der Waals surface area contributed by atoms with Crippen LogP contribution in [0.3, 0.4) is 0 Å². The lowest BCUT2D eigenvalue weighted by atomic mass is 9.94. The first kappa shape index (κ1) is 22.7. The van der Waals surface area contributed by atoms with Crippen LogP contribution in [0.1, 0.15) is 17.2 Å². The van der Waals surface area contributed by atoms with Crippen LogP contribution in [0.5, 0.6) is 5.75 Å². The molecule has 2 heterocycles. The minimum atomic E-state index is -0.620. The van der Waals surface area contributed by atoms with Gasteiger partial charge in [-0.25, -0.2) is 9.59 Å². The highest BCUT2D eigenvalue weighted by atomic mass is 16.5. The Morgan fingerprint density at radius 1 is 1.06 bits per heavy atom. The number of ether oxygens (including phenoxy) is 2. The van der Waals surface area contributed by atoms with Gasteiger partial charge in [0.1, 0.15) is 5.75 Å². The monoisotopic (exact) mass is 450 g/mol. The first-order valence-corrected chi connectivity index (χ1v) is 11.1. The summed E-state index contributed by atoms with van der Waals surface area (Å²) in [7, 11) is 2.94. The summed E-state index contributed by atoms with van der Waals surface area (Å²) < 4.78 is 10.4. The second-order valence-electron chi connectivity index (χ2n) is 8.29. The fourth-order valence-corrected chi connectivity index (χ4v) is 4.31. The van der Waals surface area contributed by atoms with Gasteiger partial charge in [-0.3, -0.25) is 4.90 Å². The Morgan fingerprint density at radius 3 is 2.45 bits per heavy atom. The summed E-state index contributed by atoms with van der Waals surface area (Å²) in [6.45, 7) is 5.92. The van der Waals surface area contributed by atoms with Gasteiger partial charge in [0.15, 0.2) is 0 Å². The summed E-state index contributed by atoms with van der Waals surface area (Å²) in [6, 6.07) is 14.9. The van der Waals surface area contributed by atoms with Gasteiger partial charge in [-0.05, 0) is 36.8 Å². The maximum Gasteiger partial charge on any atom is 0.338 e. The molecule has 2 N–H and O–H groups in total. The summed E-state index contributed by atoms with van der Waals surface area (Å²) >= 11 is 0. The summed E-state index contributed by atoms with van der Waals surface area (Å²) in [6.07, 6.45) is 0. The van der Waals surface area contributed by atoms with Crippen molar-refractivity contribution in [2.75, 3.05) is 51.8 Å². The smallest absolute Gasteiger partial charge is 0.338 e. The van der Waals surface area contributed by atoms with Gasteiger partial charge in [0, 0.05) is 44.1 Å². The zero-order valence-electron chi connectivity index (χ0n) is 19.3. The Bertz CT molecular complexity index is 1040. The number of methoxy groups -OCH3 is 2. The zero-order chi connectivity index (χ0) is 23.4. The van der Waals surface area contributed by atoms with Crippen LogP contribution in [-0.2, 0) is 9.53 Å². The number of rotatable bonds is 6. The van der Waals surface area contributed by atoms with Gasteiger partial charge >= 0.3 is 12.0 Å². The predicted molar refractivity (Wildman–Crippen MR) is 126 cm³/mol. The highest BCUT2D eigenvalue weighted by Gasteiger charge is 2.34. The van der Waals surface area contributed by atoms with E-state index >= 15 is 0 Å². The van der Waals surface area contributed by atoms with Crippen molar-refractivity contribution >= 4 is 17.7 Å². The second-order valence-corrected chi connectivity index (χ2v) is 8.29. The highest BCUT2D eigenvalue weighted by Crippen LogP contribution is 2.30. The molecule has 8 heteroatoms. The third-order valence-electron chi connectivity index (χ3n) is 6.14. The second kappa shape index (κ2) is 9.95. The number of nitrogens with zero attached hydrogens (tertiary/aromatic N) is 2. The average Bonchev–Trinajstić information content (AvgIpc) is 2.84. The molecule has 1 atom stereocenters. The van der Waals surface area contributed by atoms with Crippen LogP contribution in [0.4, 0.5) is 10.5 Å². The van der Waals surface area contributed by atoms with Crippen LogP contribution < -0.4 is 20.3 Å². The topological polar surface area (TPSA) is 83.1 Å². The van der Waals surface area contributed by atoms with E-state index in [0.29, 0.717) is 23.6 Å². The Hall–Kier alpha value is -3.52. The van der Waals surface area contributed by atoms with Crippen LogP contribution in [-0.4, -0.2) is 63.8 Å². The van der Waals surface area contributed by atoms with Crippen LogP contribution in [0, 0.1) is 6.92 Å². The minimum Gasteiger partial charge on any atom is -0.497 e. The molecule has 1 fully saturated rings. The van der Waals surface area contributed by atoms with E-state index in [0.717, 1.165) is 31.7 Å². The van der Waals surface area contributed by atoms with Crippen molar-refractivity contribution in [1.29, 1.82) is 0 Å². The van der Waals surface area contributed by atoms with Crippen molar-refractivity contribution in [3.05, 3.63) is 70.9 Å². The number of benzene rings is 2. The van der Waals surface area contributed by atoms with Crippen molar-refractivity contribution in [3.63, 3.8) is 0 Å². The number of esters is 1. The Balaban J connectivity index is 1.54. The van der Waals surface area contributed by atoms with Gasteiger partial charge in [0.05, 0.1) is 25.8 Å². The number of piperazine rings is 1. The zero-order valence-corrected chi connectivity index (χ0v) is 19.3. The van der Waals surface area contributed by atoms with Gasteiger partial charge < -0.3 is 25.0 Å². The van der Waals surface area contributed by atoms with Crippen LogP contribution in [0.2, 0.25) is 0 Å². The molecule has 2 amide bonds. The fraction of sp³-hybridized carbons (Fsp3) is 0.360. The maximum absolute atomic E-state index is 12.8. The molecule has 174 valence electrons. The molecule has 0 aliphatic carbocycles. The molecule has 2 aromatic carbocycles. The van der Waals surface area contributed by atoms with Crippen molar-refractivity contribution in [3.8, 4) is 5.75 Å². The number of hydrogen-bond acceptors (Lipinski definition) is 6. The summed E-state index contributed by atoms with van der Waals surface area (Å²) in [5.41, 5.74) is 4.19. The normalized spacial score (nSPS) is 19.1. The molecule has 33 heavy (non-hydrogen) atoms. The van der Waals surface area contributed by atoms with E-state index in [1.54, 1.807) is 7.11 Å². The van der Waals surface area contributed by atoms with E-state index in [4.69, 9.17) is 9.47 Å². The molecule has 0 spiro atoms. The van der Waals surface area contributed by atoms with E-state index in [2.05, 4.69) is 51.6 Å². The molecule has 0 radical (unpaired) electrons. The minimum absolute atomic E-state index is 0.344. The lowest BCUT2D eigenvalue weighted by molar-refractivity contribution is -0.136. The van der Waals surface area contributed by atoms with Crippen molar-refractivity contribution in [2.24, 2.45) is 0 Å². The van der Waals surface area contributed by atoms with E-state index in [-0.39, 0.29) is 6.03 Å². The van der Waals surface area contributed by atoms with Crippen molar-refractivity contribution in [2.45, 2.75) is 13.0 Å². The predicted octanol–water partition coefficient (Wildman–Crippen LogP) is 2.61. The van der Waals surface area contributed by atoms with Crippen molar-refractivity contribution in [1.82, 2.24) is 15.5 Å². The molecule has 2 aliphatic rings. The third kappa shape index (κ3) is 5.12. The lowest BCUT2D eigenvalue weighted by Crippen LogP contribution is -2.51. The number of carbonyl (C=O) groups is 2. The Labute approximate surface area is 194 Å². The first-order chi connectivity index (χ1) is 16.0. The van der Waals surface area contributed by atoms with Crippen LogP contribution >= 0.6 is 0 Å². The molecular formula is C25H30N4O4. The SMILES string of the molecule is COC(=O)C1=C(CN2CCN(c3ccc(C)cc3)CC2)NC(=O)N[C@H]1c1cccc(OC)c1. The number of amides is 2. The average molecular weight is 451 g/mol. The molecule has 4 rings (SSSR count). The number of hydrogen-bond donors (Lipinski definition) is 2. The van der Waals surface area contributed by atoms with E-state index in [1.165, 1.54) is 18.4 Å². The summed E-state index contributed by atoms with van der Waals surface area (Å²) in [4.78, 5) is 29.9. The quantitative estimate of drug-likeness (QED) is 0.659. The fourth-order valence-electron chi connectivity index (χ4n) is 4.31. The molecule has 0 bridgehead atoms. The van der Waals surface area contributed by atoms with E-state index in [1.807, 2.05) is 24.3 Å². The van der Waals surface area contributed by atoms with Gasteiger partial charge in [0.25, 0.3) is 0 Å². The summed E-state index contributed by atoms with van der Waals surface area (Å²) in [5, 5.41) is 5.71.